The molecule has 5 nitrogen and oxygen atoms in total. The van der Waals surface area contributed by atoms with Gasteiger partial charge in [0.05, 0.1) is 6.20 Å². The van der Waals surface area contributed by atoms with Gasteiger partial charge in [-0.25, -0.2) is 0 Å². The van der Waals surface area contributed by atoms with Crippen LogP contribution in [-0.4, -0.2) is 28.3 Å². The van der Waals surface area contributed by atoms with Crippen LogP contribution in [-0.2, 0) is 18.3 Å². The van der Waals surface area contributed by atoms with E-state index in [1.54, 1.807) is 4.68 Å². The van der Waals surface area contributed by atoms with Crippen LogP contribution >= 0.6 is 0 Å². The minimum Gasteiger partial charge on any atom is -0.356 e. The predicted molar refractivity (Wildman–Crippen MR) is 76.6 cm³/mol. The van der Waals surface area contributed by atoms with Crippen molar-refractivity contribution in [1.82, 2.24) is 15.1 Å². The molecule has 0 saturated carbocycles. The van der Waals surface area contributed by atoms with Crippen LogP contribution in [0.4, 0.5) is 0 Å². The number of amides is 1. The minimum atomic E-state index is -0.0709. The van der Waals surface area contributed by atoms with Gasteiger partial charge in [-0.15, -0.1) is 0 Å². The number of carbonyl (C=O) groups is 1. The Balaban J connectivity index is 2.21. The maximum Gasteiger partial charge on any atom is 0.221 e. The summed E-state index contributed by atoms with van der Waals surface area (Å²) in [4.78, 5) is 11.7. The molecule has 0 saturated heterocycles. The van der Waals surface area contributed by atoms with E-state index in [1.807, 2.05) is 19.4 Å². The highest BCUT2D eigenvalue weighted by molar-refractivity contribution is 5.76. The summed E-state index contributed by atoms with van der Waals surface area (Å²) in [6, 6.07) is -0.0709. The van der Waals surface area contributed by atoms with E-state index >= 15 is 0 Å². The zero-order valence-electron chi connectivity index (χ0n) is 12.4. The second kappa shape index (κ2) is 6.70. The molecule has 1 atom stereocenters. The molecule has 3 N–H and O–H groups in total. The highest BCUT2D eigenvalue weighted by Gasteiger charge is 2.17. The summed E-state index contributed by atoms with van der Waals surface area (Å²) in [7, 11) is 1.88. The molecule has 0 aliphatic heterocycles. The second-order valence-corrected chi connectivity index (χ2v) is 6.35. The Bertz CT molecular complexity index is 406. The molecule has 1 aromatic rings. The Morgan fingerprint density at radius 2 is 2.21 bits per heavy atom. The van der Waals surface area contributed by atoms with Crippen molar-refractivity contribution < 1.29 is 4.79 Å². The molecule has 0 aromatic carbocycles. The van der Waals surface area contributed by atoms with Gasteiger partial charge >= 0.3 is 0 Å². The Labute approximate surface area is 115 Å². The molecular weight excluding hydrogens is 240 g/mol. The summed E-state index contributed by atoms with van der Waals surface area (Å²) in [6.45, 7) is 7.03. The van der Waals surface area contributed by atoms with E-state index in [9.17, 15) is 4.79 Å². The van der Waals surface area contributed by atoms with Crippen molar-refractivity contribution >= 4 is 5.91 Å². The first-order chi connectivity index (χ1) is 8.76. The van der Waals surface area contributed by atoms with Crippen LogP contribution in [0.25, 0.3) is 0 Å². The van der Waals surface area contributed by atoms with Crippen molar-refractivity contribution in [3.05, 3.63) is 18.0 Å². The van der Waals surface area contributed by atoms with Gasteiger partial charge in [0.25, 0.3) is 0 Å². The largest absolute Gasteiger partial charge is 0.356 e. The van der Waals surface area contributed by atoms with Crippen molar-refractivity contribution in [1.29, 1.82) is 0 Å². The number of rotatable bonds is 6. The highest BCUT2D eigenvalue weighted by atomic mass is 16.1. The van der Waals surface area contributed by atoms with Gasteiger partial charge in [-0.05, 0) is 23.8 Å². The van der Waals surface area contributed by atoms with Crippen molar-refractivity contribution in [3.8, 4) is 0 Å². The van der Waals surface area contributed by atoms with Crippen molar-refractivity contribution in [3.63, 3.8) is 0 Å². The summed E-state index contributed by atoms with van der Waals surface area (Å²) in [5, 5.41) is 6.99. The van der Waals surface area contributed by atoms with Crippen LogP contribution in [0.2, 0.25) is 0 Å². The number of nitrogens with one attached hydrogen (secondary N) is 1. The monoisotopic (exact) mass is 266 g/mol. The quantitative estimate of drug-likeness (QED) is 0.813. The summed E-state index contributed by atoms with van der Waals surface area (Å²) in [5.41, 5.74) is 7.26. The summed E-state index contributed by atoms with van der Waals surface area (Å²) in [6.07, 6.45) is 5.82. The molecule has 5 heteroatoms. The Kier molecular flexibility index (Phi) is 5.54. The predicted octanol–water partition coefficient (Wildman–Crippen LogP) is 1.23. The Hall–Kier alpha value is -1.36. The van der Waals surface area contributed by atoms with Crippen molar-refractivity contribution in [2.45, 2.75) is 46.1 Å². The van der Waals surface area contributed by atoms with E-state index in [1.165, 1.54) is 0 Å². The topological polar surface area (TPSA) is 72.9 Å². The van der Waals surface area contributed by atoms with Gasteiger partial charge < -0.3 is 11.1 Å². The number of hydrogen-bond acceptors (Lipinski definition) is 3. The lowest BCUT2D eigenvalue weighted by Crippen LogP contribution is -2.34. The number of aromatic nitrogens is 2. The van der Waals surface area contributed by atoms with Crippen LogP contribution in [0.1, 0.15) is 39.2 Å². The molecule has 1 aromatic heterocycles. The van der Waals surface area contributed by atoms with E-state index in [4.69, 9.17) is 5.73 Å². The standard InChI is InChI=1S/C14H26N4O/c1-14(2,3)8-12(15)7-13(19)16-6-5-11-9-17-18(4)10-11/h9-10,12H,5-8,15H2,1-4H3,(H,16,19). The number of nitrogens with two attached hydrogens (primary N) is 1. The van der Waals surface area contributed by atoms with E-state index in [0.29, 0.717) is 13.0 Å². The lowest BCUT2D eigenvalue weighted by Gasteiger charge is -2.22. The molecular formula is C14H26N4O. The lowest BCUT2D eigenvalue weighted by atomic mass is 9.87. The molecule has 0 bridgehead atoms. The molecule has 108 valence electrons. The molecule has 0 fully saturated rings. The Morgan fingerprint density at radius 3 is 2.74 bits per heavy atom. The molecule has 0 aliphatic rings. The number of nitrogens with zero attached hydrogens (tertiary/aromatic N) is 2. The fraction of sp³-hybridized carbons (Fsp3) is 0.714. The SMILES string of the molecule is Cn1cc(CCNC(=O)CC(N)CC(C)(C)C)cn1. The van der Waals surface area contributed by atoms with E-state index < -0.39 is 0 Å². The molecule has 0 radical (unpaired) electrons. The maximum absolute atomic E-state index is 11.7. The van der Waals surface area contributed by atoms with Crippen molar-refractivity contribution in [2.75, 3.05) is 6.54 Å². The average molecular weight is 266 g/mol. The minimum absolute atomic E-state index is 0.0284. The van der Waals surface area contributed by atoms with E-state index in [-0.39, 0.29) is 17.4 Å². The number of aryl methyl sites for hydroxylation is 1. The van der Waals surface area contributed by atoms with Gasteiger partial charge in [0, 0.05) is 32.3 Å². The molecule has 1 rings (SSSR count). The molecule has 0 aliphatic carbocycles. The van der Waals surface area contributed by atoms with Gasteiger partial charge in [0.15, 0.2) is 0 Å². The third kappa shape index (κ3) is 6.96. The zero-order chi connectivity index (χ0) is 14.5. The summed E-state index contributed by atoms with van der Waals surface area (Å²) in [5.74, 6) is 0.0284. The molecule has 1 heterocycles. The Morgan fingerprint density at radius 1 is 1.53 bits per heavy atom. The van der Waals surface area contributed by atoms with Gasteiger partial charge in [-0.1, -0.05) is 20.8 Å². The summed E-state index contributed by atoms with van der Waals surface area (Å²) >= 11 is 0. The van der Waals surface area contributed by atoms with Gasteiger partial charge in [-0.3, -0.25) is 9.48 Å². The first kappa shape index (κ1) is 15.7. The number of carbonyl (C=O) groups excluding carboxylic acids is 1. The van der Waals surface area contributed by atoms with Gasteiger partial charge in [0.1, 0.15) is 0 Å². The lowest BCUT2D eigenvalue weighted by molar-refractivity contribution is -0.121. The maximum atomic E-state index is 11.7. The van der Waals surface area contributed by atoms with E-state index in [0.717, 1.165) is 18.4 Å². The van der Waals surface area contributed by atoms with Crippen LogP contribution in [0, 0.1) is 5.41 Å². The molecule has 1 unspecified atom stereocenters. The third-order valence-electron chi connectivity index (χ3n) is 2.82. The first-order valence-electron chi connectivity index (χ1n) is 6.76. The average Bonchev–Trinajstić information content (AvgIpc) is 2.60. The van der Waals surface area contributed by atoms with E-state index in [2.05, 4.69) is 31.2 Å². The fourth-order valence-corrected chi connectivity index (χ4v) is 2.12. The fourth-order valence-electron chi connectivity index (χ4n) is 2.12. The smallest absolute Gasteiger partial charge is 0.221 e. The van der Waals surface area contributed by atoms with Crippen LogP contribution < -0.4 is 11.1 Å². The second-order valence-electron chi connectivity index (χ2n) is 6.35. The highest BCUT2D eigenvalue weighted by Crippen LogP contribution is 2.20. The van der Waals surface area contributed by atoms with Gasteiger partial charge in [0.2, 0.25) is 5.91 Å². The van der Waals surface area contributed by atoms with Crippen LogP contribution in [0.15, 0.2) is 12.4 Å². The van der Waals surface area contributed by atoms with Crippen LogP contribution in [0.3, 0.4) is 0 Å². The van der Waals surface area contributed by atoms with Crippen molar-refractivity contribution in [2.24, 2.45) is 18.2 Å². The summed E-state index contributed by atoms with van der Waals surface area (Å²) < 4.78 is 1.76. The van der Waals surface area contributed by atoms with Gasteiger partial charge in [-0.2, -0.15) is 5.10 Å². The molecule has 19 heavy (non-hydrogen) atoms. The third-order valence-corrected chi connectivity index (χ3v) is 2.82. The first-order valence-corrected chi connectivity index (χ1v) is 6.76. The zero-order valence-corrected chi connectivity index (χ0v) is 12.4. The van der Waals surface area contributed by atoms with Crippen LogP contribution in [0.5, 0.6) is 0 Å². The molecule has 1 amide bonds. The normalized spacial score (nSPS) is 13.3. The number of hydrogen-bond donors (Lipinski definition) is 2. The molecule has 0 spiro atoms.